The number of carbonyl (C=O) groups is 1. The zero-order chi connectivity index (χ0) is 13.1. The van der Waals surface area contributed by atoms with Crippen molar-refractivity contribution in [3.8, 4) is 0 Å². The highest BCUT2D eigenvalue weighted by Gasteiger charge is 2.08. The normalized spacial score (nSPS) is 10.3. The molecule has 0 heterocycles. The van der Waals surface area contributed by atoms with Crippen molar-refractivity contribution in [2.45, 2.75) is 9.79 Å². The van der Waals surface area contributed by atoms with E-state index in [1.54, 1.807) is 12.1 Å². The molecule has 18 heavy (non-hydrogen) atoms. The second-order valence-corrected chi connectivity index (χ2v) is 5.65. The van der Waals surface area contributed by atoms with Crippen LogP contribution in [-0.2, 0) is 0 Å². The molecule has 0 aliphatic carbocycles. The van der Waals surface area contributed by atoms with Gasteiger partial charge in [0.15, 0.2) is 0 Å². The minimum absolute atomic E-state index is 0.238. The van der Waals surface area contributed by atoms with Gasteiger partial charge in [-0.05, 0) is 36.4 Å². The molecule has 0 fully saturated rings. The molecule has 0 amide bonds. The van der Waals surface area contributed by atoms with E-state index >= 15 is 0 Å². The molecule has 0 aliphatic heterocycles. The Morgan fingerprint density at radius 1 is 1.22 bits per heavy atom. The van der Waals surface area contributed by atoms with Crippen LogP contribution in [0.4, 0.5) is 5.69 Å². The maximum absolute atomic E-state index is 10.9. The standard InChI is InChI=1S/C13H10BrNO2S/c14-9-2-1-3-10(7-9)18-12-6-8(13(16)17)4-5-11(12)15/h1-7H,15H2,(H,16,17). The third-order valence-corrected chi connectivity index (χ3v) is 3.84. The second-order valence-electron chi connectivity index (χ2n) is 3.62. The van der Waals surface area contributed by atoms with E-state index in [-0.39, 0.29) is 5.56 Å². The van der Waals surface area contributed by atoms with Crippen LogP contribution >= 0.6 is 27.7 Å². The third-order valence-electron chi connectivity index (χ3n) is 2.28. The molecule has 2 rings (SSSR count). The van der Waals surface area contributed by atoms with Crippen molar-refractivity contribution < 1.29 is 9.90 Å². The van der Waals surface area contributed by atoms with Crippen molar-refractivity contribution in [3.05, 3.63) is 52.5 Å². The summed E-state index contributed by atoms with van der Waals surface area (Å²) in [5.74, 6) is -0.953. The van der Waals surface area contributed by atoms with Crippen LogP contribution in [0.5, 0.6) is 0 Å². The summed E-state index contributed by atoms with van der Waals surface area (Å²) >= 11 is 4.83. The Morgan fingerprint density at radius 2 is 2.00 bits per heavy atom. The highest BCUT2D eigenvalue weighted by atomic mass is 79.9. The summed E-state index contributed by atoms with van der Waals surface area (Å²) in [5, 5.41) is 8.95. The first-order chi connectivity index (χ1) is 8.56. The summed E-state index contributed by atoms with van der Waals surface area (Å²) in [7, 11) is 0. The van der Waals surface area contributed by atoms with Gasteiger partial charge in [-0.3, -0.25) is 0 Å². The van der Waals surface area contributed by atoms with Crippen molar-refractivity contribution in [2.24, 2.45) is 0 Å². The van der Waals surface area contributed by atoms with Gasteiger partial charge in [0, 0.05) is 20.0 Å². The Kier molecular flexibility index (Phi) is 3.93. The number of halogens is 1. The number of hydrogen-bond donors (Lipinski definition) is 2. The maximum atomic E-state index is 10.9. The monoisotopic (exact) mass is 323 g/mol. The van der Waals surface area contributed by atoms with Gasteiger partial charge in [0.25, 0.3) is 0 Å². The quantitative estimate of drug-likeness (QED) is 0.841. The second kappa shape index (κ2) is 5.46. The van der Waals surface area contributed by atoms with Crippen LogP contribution in [0.25, 0.3) is 0 Å². The number of anilines is 1. The third kappa shape index (κ3) is 3.05. The zero-order valence-electron chi connectivity index (χ0n) is 9.26. The maximum Gasteiger partial charge on any atom is 0.335 e. The zero-order valence-corrected chi connectivity index (χ0v) is 11.7. The first-order valence-electron chi connectivity index (χ1n) is 5.12. The summed E-state index contributed by atoms with van der Waals surface area (Å²) < 4.78 is 0.973. The highest BCUT2D eigenvalue weighted by Crippen LogP contribution is 2.33. The summed E-state index contributed by atoms with van der Waals surface area (Å²) in [6.07, 6.45) is 0. The van der Waals surface area contributed by atoms with Gasteiger partial charge in [-0.1, -0.05) is 33.8 Å². The Bertz CT molecular complexity index is 601. The lowest BCUT2D eigenvalue weighted by Gasteiger charge is -2.07. The van der Waals surface area contributed by atoms with E-state index in [0.717, 1.165) is 14.3 Å². The molecule has 2 aromatic carbocycles. The largest absolute Gasteiger partial charge is 0.478 e. The summed E-state index contributed by atoms with van der Waals surface area (Å²) in [6.45, 7) is 0. The van der Waals surface area contributed by atoms with Crippen molar-refractivity contribution in [2.75, 3.05) is 5.73 Å². The van der Waals surface area contributed by atoms with Crippen molar-refractivity contribution in [1.29, 1.82) is 0 Å². The number of aromatic carboxylic acids is 1. The first-order valence-corrected chi connectivity index (χ1v) is 6.73. The predicted molar refractivity (Wildman–Crippen MR) is 76.1 cm³/mol. The fourth-order valence-corrected chi connectivity index (χ4v) is 2.92. The number of nitrogens with two attached hydrogens (primary N) is 1. The average Bonchev–Trinajstić information content (AvgIpc) is 2.31. The van der Waals surface area contributed by atoms with Crippen LogP contribution < -0.4 is 5.73 Å². The molecule has 0 spiro atoms. The van der Waals surface area contributed by atoms with E-state index in [0.29, 0.717) is 5.69 Å². The molecule has 2 aromatic rings. The minimum Gasteiger partial charge on any atom is -0.478 e. The number of nitrogen functional groups attached to an aromatic ring is 1. The van der Waals surface area contributed by atoms with E-state index in [2.05, 4.69) is 15.9 Å². The topological polar surface area (TPSA) is 63.3 Å². The van der Waals surface area contributed by atoms with Gasteiger partial charge in [-0.15, -0.1) is 0 Å². The Balaban J connectivity index is 2.33. The molecule has 5 heteroatoms. The molecule has 3 nitrogen and oxygen atoms in total. The van der Waals surface area contributed by atoms with E-state index in [9.17, 15) is 4.79 Å². The molecule has 0 unspecified atom stereocenters. The molecule has 92 valence electrons. The lowest BCUT2D eigenvalue weighted by Crippen LogP contribution is -1.98. The van der Waals surface area contributed by atoms with Gasteiger partial charge in [-0.2, -0.15) is 0 Å². The Morgan fingerprint density at radius 3 is 2.67 bits per heavy atom. The lowest BCUT2D eigenvalue weighted by molar-refractivity contribution is 0.0696. The van der Waals surface area contributed by atoms with Gasteiger partial charge in [0.1, 0.15) is 0 Å². The van der Waals surface area contributed by atoms with Crippen LogP contribution in [0, 0.1) is 0 Å². The van der Waals surface area contributed by atoms with Crippen LogP contribution in [0.1, 0.15) is 10.4 Å². The van der Waals surface area contributed by atoms with Gasteiger partial charge >= 0.3 is 5.97 Å². The minimum atomic E-state index is -0.953. The molecule has 0 aliphatic rings. The van der Waals surface area contributed by atoms with E-state index in [4.69, 9.17) is 10.8 Å². The molecule has 0 aromatic heterocycles. The molecule has 0 radical (unpaired) electrons. The number of carboxylic acids is 1. The summed E-state index contributed by atoms with van der Waals surface area (Å²) in [6, 6.07) is 12.5. The van der Waals surface area contributed by atoms with Gasteiger partial charge in [0.05, 0.1) is 5.56 Å². The number of rotatable bonds is 3. The number of hydrogen-bond acceptors (Lipinski definition) is 3. The molecular formula is C13H10BrNO2S. The Labute approximate surface area is 117 Å². The van der Waals surface area contributed by atoms with Crippen LogP contribution in [0.15, 0.2) is 56.7 Å². The fraction of sp³-hybridized carbons (Fsp3) is 0. The molecular weight excluding hydrogens is 314 g/mol. The molecule has 0 bridgehead atoms. The number of carboxylic acid groups (broad SMARTS) is 1. The lowest BCUT2D eigenvalue weighted by atomic mass is 10.2. The van der Waals surface area contributed by atoms with Crippen LogP contribution in [0.2, 0.25) is 0 Å². The van der Waals surface area contributed by atoms with Gasteiger partial charge in [-0.25, -0.2) is 4.79 Å². The smallest absolute Gasteiger partial charge is 0.335 e. The van der Waals surface area contributed by atoms with Crippen LogP contribution in [0.3, 0.4) is 0 Å². The SMILES string of the molecule is Nc1ccc(C(=O)O)cc1Sc1cccc(Br)c1. The van der Waals surface area contributed by atoms with E-state index < -0.39 is 5.97 Å². The Hall–Kier alpha value is -1.46. The van der Waals surface area contributed by atoms with E-state index in [1.807, 2.05) is 24.3 Å². The van der Waals surface area contributed by atoms with Crippen molar-refractivity contribution in [3.63, 3.8) is 0 Å². The molecule has 0 saturated heterocycles. The molecule has 0 atom stereocenters. The highest BCUT2D eigenvalue weighted by molar-refractivity contribution is 9.10. The van der Waals surface area contributed by atoms with Crippen molar-refractivity contribution in [1.82, 2.24) is 0 Å². The number of benzene rings is 2. The fourth-order valence-electron chi connectivity index (χ4n) is 1.41. The first kappa shape index (κ1) is 13.0. The van der Waals surface area contributed by atoms with Gasteiger partial charge < -0.3 is 10.8 Å². The van der Waals surface area contributed by atoms with E-state index in [1.165, 1.54) is 17.8 Å². The van der Waals surface area contributed by atoms with Crippen molar-refractivity contribution >= 4 is 39.3 Å². The van der Waals surface area contributed by atoms with Gasteiger partial charge in [0.2, 0.25) is 0 Å². The van der Waals surface area contributed by atoms with Crippen LogP contribution in [-0.4, -0.2) is 11.1 Å². The molecule has 0 saturated carbocycles. The summed E-state index contributed by atoms with van der Waals surface area (Å²) in [5.41, 5.74) is 6.66. The average molecular weight is 324 g/mol. The predicted octanol–water partition coefficient (Wildman–Crippen LogP) is 3.88. The molecule has 3 N–H and O–H groups in total. The summed E-state index contributed by atoms with van der Waals surface area (Å²) in [4.78, 5) is 12.7.